The van der Waals surface area contributed by atoms with Crippen molar-refractivity contribution in [2.24, 2.45) is 11.8 Å². The fourth-order valence-corrected chi connectivity index (χ4v) is 5.54. The van der Waals surface area contributed by atoms with E-state index >= 15 is 0 Å². The second kappa shape index (κ2) is 11.0. The minimum absolute atomic E-state index is 0.183. The number of carbonyl (C=O) groups is 4. The molecule has 38 heavy (non-hydrogen) atoms. The van der Waals surface area contributed by atoms with Crippen molar-refractivity contribution in [1.82, 2.24) is 0 Å². The summed E-state index contributed by atoms with van der Waals surface area (Å²) in [4.78, 5) is 52.3. The molecule has 1 N–H and O–H groups in total. The third-order valence-corrected chi connectivity index (χ3v) is 7.66. The molecule has 5 rings (SSSR count). The van der Waals surface area contributed by atoms with Crippen molar-refractivity contribution in [2.75, 3.05) is 16.8 Å². The molecule has 1 aliphatic carbocycles. The van der Waals surface area contributed by atoms with E-state index in [1.165, 1.54) is 28.7 Å². The van der Waals surface area contributed by atoms with Crippen LogP contribution in [-0.4, -0.2) is 30.3 Å². The van der Waals surface area contributed by atoms with Crippen molar-refractivity contribution in [2.45, 2.75) is 25.2 Å². The number of rotatable bonds is 6. The van der Waals surface area contributed by atoms with Crippen LogP contribution in [0.2, 0.25) is 10.0 Å². The Balaban J connectivity index is 1.20. The molecule has 3 atom stereocenters. The zero-order chi connectivity index (χ0) is 26.8. The van der Waals surface area contributed by atoms with Crippen LogP contribution in [-0.2, 0) is 19.1 Å². The lowest BCUT2D eigenvalue weighted by atomic mass is 9.73. The van der Waals surface area contributed by atoms with Crippen molar-refractivity contribution in [3.05, 3.63) is 94.0 Å². The molecule has 1 saturated carbocycles. The van der Waals surface area contributed by atoms with E-state index in [9.17, 15) is 19.2 Å². The highest BCUT2D eigenvalue weighted by Gasteiger charge is 2.50. The molecule has 0 spiro atoms. The summed E-state index contributed by atoms with van der Waals surface area (Å²) in [7, 11) is 0. The molecule has 0 unspecified atom stereocenters. The van der Waals surface area contributed by atoms with Crippen LogP contribution in [0.15, 0.2) is 72.8 Å². The van der Waals surface area contributed by atoms with E-state index in [0.717, 1.165) is 6.42 Å². The first-order chi connectivity index (χ1) is 18.3. The Morgan fingerprint density at radius 1 is 0.895 bits per heavy atom. The fourth-order valence-electron chi connectivity index (χ4n) is 5.20. The van der Waals surface area contributed by atoms with Crippen LogP contribution >= 0.6 is 23.2 Å². The Bertz CT molecular complexity index is 1390. The number of fused-ring (bicyclic) bond motifs is 1. The van der Waals surface area contributed by atoms with Gasteiger partial charge >= 0.3 is 5.97 Å². The summed E-state index contributed by atoms with van der Waals surface area (Å²) in [6.07, 6.45) is 2.17. The number of halogens is 2. The highest BCUT2D eigenvalue weighted by atomic mass is 35.5. The molecule has 2 fully saturated rings. The maximum Gasteiger partial charge on any atom is 0.338 e. The molecule has 2 aliphatic rings. The van der Waals surface area contributed by atoms with Gasteiger partial charge in [0.1, 0.15) is 0 Å². The van der Waals surface area contributed by atoms with Gasteiger partial charge in [-0.1, -0.05) is 53.5 Å². The average Bonchev–Trinajstić information content (AvgIpc) is 3.19. The van der Waals surface area contributed by atoms with E-state index in [-0.39, 0.29) is 35.1 Å². The molecule has 3 aromatic carbocycles. The summed E-state index contributed by atoms with van der Waals surface area (Å²) >= 11 is 11.9. The minimum atomic E-state index is -0.720. The van der Waals surface area contributed by atoms with Gasteiger partial charge in [-0.05, 0) is 73.2 Å². The molecule has 0 bridgehead atoms. The smallest absolute Gasteiger partial charge is 0.338 e. The first kappa shape index (κ1) is 25.9. The number of esters is 1. The number of imide groups is 1. The van der Waals surface area contributed by atoms with Crippen molar-refractivity contribution >= 4 is 58.3 Å². The Labute approximate surface area is 229 Å². The third kappa shape index (κ3) is 5.30. The van der Waals surface area contributed by atoms with Crippen LogP contribution in [0.1, 0.15) is 41.1 Å². The Hall–Kier alpha value is -3.68. The van der Waals surface area contributed by atoms with Gasteiger partial charge in [-0.15, -0.1) is 0 Å². The third-order valence-electron chi connectivity index (χ3n) is 7.09. The summed E-state index contributed by atoms with van der Waals surface area (Å²) in [5, 5.41) is 3.23. The molecule has 1 aliphatic heterocycles. The van der Waals surface area contributed by atoms with Gasteiger partial charge in [0.25, 0.3) is 5.91 Å². The minimum Gasteiger partial charge on any atom is -0.452 e. The molecule has 1 heterocycles. The van der Waals surface area contributed by atoms with E-state index < -0.39 is 18.5 Å². The SMILES string of the molecule is O=C(COC(=O)c1ccc(N2C(=O)[C@H]3C[C@@H](c4ccccc4)CC[C@H]3C2=O)cc1)Nc1cc(Cl)ccc1Cl. The van der Waals surface area contributed by atoms with Crippen molar-refractivity contribution < 1.29 is 23.9 Å². The highest BCUT2D eigenvalue weighted by molar-refractivity contribution is 6.35. The van der Waals surface area contributed by atoms with Crippen molar-refractivity contribution in [3.63, 3.8) is 0 Å². The fraction of sp³-hybridized carbons (Fsp3) is 0.241. The van der Waals surface area contributed by atoms with E-state index in [0.29, 0.717) is 34.3 Å². The van der Waals surface area contributed by atoms with Crippen molar-refractivity contribution in [1.29, 1.82) is 0 Å². The number of anilines is 2. The average molecular weight is 551 g/mol. The van der Waals surface area contributed by atoms with Crippen LogP contribution in [0.25, 0.3) is 0 Å². The van der Waals surface area contributed by atoms with E-state index in [1.807, 2.05) is 18.2 Å². The number of hydrogen-bond acceptors (Lipinski definition) is 5. The van der Waals surface area contributed by atoms with Crippen LogP contribution in [0.3, 0.4) is 0 Å². The molecular formula is C29H24Cl2N2O5. The van der Waals surface area contributed by atoms with E-state index in [2.05, 4.69) is 17.4 Å². The van der Waals surface area contributed by atoms with Gasteiger partial charge < -0.3 is 10.1 Å². The number of benzene rings is 3. The number of ether oxygens (including phenoxy) is 1. The predicted molar refractivity (Wildman–Crippen MR) is 144 cm³/mol. The van der Waals surface area contributed by atoms with Crippen LogP contribution in [0.4, 0.5) is 11.4 Å². The zero-order valence-corrected chi connectivity index (χ0v) is 21.7. The first-order valence-electron chi connectivity index (χ1n) is 12.3. The van der Waals surface area contributed by atoms with Gasteiger partial charge in [0, 0.05) is 5.02 Å². The zero-order valence-electron chi connectivity index (χ0n) is 20.2. The molecule has 0 aromatic heterocycles. The second-order valence-corrected chi connectivity index (χ2v) is 10.3. The summed E-state index contributed by atoms with van der Waals surface area (Å²) < 4.78 is 5.10. The second-order valence-electron chi connectivity index (χ2n) is 9.44. The largest absolute Gasteiger partial charge is 0.452 e. The molecule has 1 saturated heterocycles. The summed E-state index contributed by atoms with van der Waals surface area (Å²) in [5.41, 5.74) is 2.09. The molecule has 3 aromatic rings. The van der Waals surface area contributed by atoms with Crippen LogP contribution in [0.5, 0.6) is 0 Å². The lowest BCUT2D eigenvalue weighted by Gasteiger charge is -2.28. The lowest BCUT2D eigenvalue weighted by molar-refractivity contribution is -0.122. The molecule has 7 nitrogen and oxygen atoms in total. The first-order valence-corrected chi connectivity index (χ1v) is 13.0. The highest BCUT2D eigenvalue weighted by Crippen LogP contribution is 2.45. The summed E-state index contributed by atoms with van der Waals surface area (Å²) in [6.45, 7) is -0.529. The van der Waals surface area contributed by atoms with Gasteiger partial charge in [-0.25, -0.2) is 4.79 Å². The number of nitrogens with one attached hydrogen (secondary N) is 1. The Kier molecular flexibility index (Phi) is 7.49. The number of carbonyl (C=O) groups excluding carboxylic acids is 4. The van der Waals surface area contributed by atoms with Crippen LogP contribution in [0, 0.1) is 11.8 Å². The molecule has 3 amide bonds. The monoisotopic (exact) mass is 550 g/mol. The van der Waals surface area contributed by atoms with E-state index in [4.69, 9.17) is 27.9 Å². The maximum absolute atomic E-state index is 13.3. The van der Waals surface area contributed by atoms with Gasteiger partial charge in [-0.2, -0.15) is 0 Å². The quantitative estimate of drug-likeness (QED) is 0.306. The van der Waals surface area contributed by atoms with Gasteiger partial charge in [0.15, 0.2) is 6.61 Å². The van der Waals surface area contributed by atoms with Crippen LogP contribution < -0.4 is 10.2 Å². The molecule has 9 heteroatoms. The number of nitrogens with zero attached hydrogens (tertiary/aromatic N) is 1. The van der Waals surface area contributed by atoms with Gasteiger partial charge in [-0.3, -0.25) is 19.3 Å². The van der Waals surface area contributed by atoms with Gasteiger partial charge in [0.2, 0.25) is 11.8 Å². The number of amides is 3. The van der Waals surface area contributed by atoms with E-state index in [1.54, 1.807) is 24.3 Å². The maximum atomic E-state index is 13.3. The lowest BCUT2D eigenvalue weighted by Crippen LogP contribution is -2.30. The van der Waals surface area contributed by atoms with Gasteiger partial charge in [0.05, 0.1) is 33.8 Å². The Morgan fingerprint density at radius 3 is 2.34 bits per heavy atom. The molecular weight excluding hydrogens is 527 g/mol. The number of hydrogen-bond donors (Lipinski definition) is 1. The standard InChI is InChI=1S/C29H24Cl2N2O5/c30-20-9-13-24(31)25(15-20)32-26(34)16-38-29(37)18-6-10-21(11-7-18)33-27(35)22-12-8-19(14-23(22)28(33)36)17-4-2-1-3-5-17/h1-7,9-11,13,15,19,22-23H,8,12,14,16H2,(H,32,34)/t19-,22+,23-/m0/s1. The molecule has 194 valence electrons. The normalized spacial score (nSPS) is 20.7. The summed E-state index contributed by atoms with van der Waals surface area (Å²) in [6, 6.07) is 20.7. The van der Waals surface area contributed by atoms with Crippen molar-refractivity contribution in [3.8, 4) is 0 Å². The Morgan fingerprint density at radius 2 is 1.61 bits per heavy atom. The topological polar surface area (TPSA) is 92.8 Å². The predicted octanol–water partition coefficient (Wildman–Crippen LogP) is 5.86. The summed E-state index contributed by atoms with van der Waals surface area (Å²) in [5.74, 6) is -2.12. The molecule has 0 radical (unpaired) electrons.